The SMILES string of the molecule is Cc1cn2c3c(=O)n(CCN4CCCCC4)c(=O)n(C)c3nc2n1-c1ccccc1F. The predicted molar refractivity (Wildman–Crippen MR) is 117 cm³/mol. The summed E-state index contributed by atoms with van der Waals surface area (Å²) < 4.78 is 20.5. The minimum atomic E-state index is -0.386. The highest BCUT2D eigenvalue weighted by Crippen LogP contribution is 2.22. The lowest BCUT2D eigenvalue weighted by Gasteiger charge is -2.26. The third kappa shape index (κ3) is 3.11. The summed E-state index contributed by atoms with van der Waals surface area (Å²) in [7, 11) is 1.62. The number of aromatic nitrogens is 5. The van der Waals surface area contributed by atoms with Crippen molar-refractivity contribution in [3.05, 3.63) is 62.8 Å². The van der Waals surface area contributed by atoms with Crippen molar-refractivity contribution in [1.82, 2.24) is 28.0 Å². The quantitative estimate of drug-likeness (QED) is 0.503. The van der Waals surface area contributed by atoms with Gasteiger partial charge in [-0.15, -0.1) is 0 Å². The van der Waals surface area contributed by atoms with E-state index in [0.717, 1.165) is 31.6 Å². The molecule has 0 radical (unpaired) electrons. The topological polar surface area (TPSA) is 69.5 Å². The van der Waals surface area contributed by atoms with Crippen LogP contribution in [0.25, 0.3) is 22.6 Å². The highest BCUT2D eigenvalue weighted by atomic mass is 19.1. The molecule has 4 aromatic rings. The summed E-state index contributed by atoms with van der Waals surface area (Å²) in [6, 6.07) is 6.43. The van der Waals surface area contributed by atoms with Crippen molar-refractivity contribution in [3.8, 4) is 5.69 Å². The van der Waals surface area contributed by atoms with Crippen molar-refractivity contribution < 1.29 is 4.39 Å². The van der Waals surface area contributed by atoms with Crippen LogP contribution in [0.15, 0.2) is 40.1 Å². The summed E-state index contributed by atoms with van der Waals surface area (Å²) in [5, 5.41) is 0. The molecule has 0 N–H and O–H groups in total. The lowest BCUT2D eigenvalue weighted by atomic mass is 10.1. The van der Waals surface area contributed by atoms with Gasteiger partial charge in [0.25, 0.3) is 5.56 Å². The van der Waals surface area contributed by atoms with Crippen LogP contribution in [0.5, 0.6) is 0 Å². The number of imidazole rings is 2. The molecule has 3 aromatic heterocycles. The Kier molecular flexibility index (Phi) is 4.77. The molecule has 1 aromatic carbocycles. The molecule has 4 heterocycles. The first-order chi connectivity index (χ1) is 15.0. The zero-order valence-corrected chi connectivity index (χ0v) is 17.7. The minimum Gasteiger partial charge on any atom is -0.302 e. The molecule has 0 aliphatic carbocycles. The normalized spacial score (nSPS) is 15.3. The Morgan fingerprint density at radius 3 is 2.55 bits per heavy atom. The number of hydrogen-bond acceptors (Lipinski definition) is 4. The molecular weight excluding hydrogens is 399 g/mol. The van der Waals surface area contributed by atoms with Gasteiger partial charge in [0, 0.05) is 32.0 Å². The number of para-hydroxylation sites is 1. The van der Waals surface area contributed by atoms with Gasteiger partial charge in [-0.25, -0.2) is 9.18 Å². The van der Waals surface area contributed by atoms with Crippen molar-refractivity contribution >= 4 is 16.9 Å². The van der Waals surface area contributed by atoms with Crippen molar-refractivity contribution in [2.24, 2.45) is 7.05 Å². The maximum Gasteiger partial charge on any atom is 0.332 e. The Bertz CT molecular complexity index is 1400. The summed E-state index contributed by atoms with van der Waals surface area (Å²) in [6.45, 7) is 4.83. The van der Waals surface area contributed by atoms with Crippen molar-refractivity contribution in [2.75, 3.05) is 19.6 Å². The van der Waals surface area contributed by atoms with Crippen LogP contribution >= 0.6 is 0 Å². The Morgan fingerprint density at radius 2 is 1.81 bits per heavy atom. The molecule has 31 heavy (non-hydrogen) atoms. The molecule has 8 nitrogen and oxygen atoms in total. The standard InChI is InChI=1S/C22H25FN6O2/c1-15-14-28-18-19(24-21(28)29(15)17-9-5-4-8-16(17)23)25(2)22(31)27(20(18)30)13-12-26-10-6-3-7-11-26/h4-5,8-9,14H,3,6-7,10-13H2,1-2H3. The van der Waals surface area contributed by atoms with E-state index < -0.39 is 0 Å². The number of piperidine rings is 1. The van der Waals surface area contributed by atoms with E-state index in [-0.39, 0.29) is 17.1 Å². The van der Waals surface area contributed by atoms with Gasteiger partial charge in [-0.3, -0.25) is 22.9 Å². The first kappa shape index (κ1) is 19.7. The fraction of sp³-hybridized carbons (Fsp3) is 0.409. The lowest BCUT2D eigenvalue weighted by molar-refractivity contribution is 0.218. The number of likely N-dealkylation sites (tertiary alicyclic amines) is 1. The molecule has 1 fully saturated rings. The molecule has 5 rings (SSSR count). The maximum absolute atomic E-state index is 14.5. The Hall–Kier alpha value is -3.20. The van der Waals surface area contributed by atoms with E-state index >= 15 is 0 Å². The van der Waals surface area contributed by atoms with Gasteiger partial charge in [0.15, 0.2) is 11.2 Å². The predicted octanol–water partition coefficient (Wildman–Crippen LogP) is 2.07. The van der Waals surface area contributed by atoms with Crippen LogP contribution in [0.2, 0.25) is 0 Å². The van der Waals surface area contributed by atoms with E-state index in [0.29, 0.717) is 35.7 Å². The van der Waals surface area contributed by atoms with Crippen molar-refractivity contribution in [1.29, 1.82) is 0 Å². The van der Waals surface area contributed by atoms with Crippen molar-refractivity contribution in [2.45, 2.75) is 32.7 Å². The average Bonchev–Trinajstić information content (AvgIpc) is 3.28. The van der Waals surface area contributed by atoms with E-state index in [2.05, 4.69) is 9.88 Å². The van der Waals surface area contributed by atoms with E-state index in [9.17, 15) is 14.0 Å². The molecule has 0 spiro atoms. The van der Waals surface area contributed by atoms with Gasteiger partial charge in [-0.05, 0) is 45.0 Å². The number of rotatable bonds is 4. The first-order valence-corrected chi connectivity index (χ1v) is 10.6. The second kappa shape index (κ2) is 7.49. The summed E-state index contributed by atoms with van der Waals surface area (Å²) in [6.07, 6.45) is 5.30. The third-order valence-corrected chi connectivity index (χ3v) is 6.21. The number of nitrogens with zero attached hydrogens (tertiary/aromatic N) is 6. The second-order valence-electron chi connectivity index (χ2n) is 8.21. The zero-order valence-electron chi connectivity index (χ0n) is 17.7. The highest BCUT2D eigenvalue weighted by molar-refractivity contribution is 5.76. The van der Waals surface area contributed by atoms with Crippen LogP contribution < -0.4 is 11.2 Å². The maximum atomic E-state index is 14.5. The van der Waals surface area contributed by atoms with Crippen molar-refractivity contribution in [3.63, 3.8) is 0 Å². The van der Waals surface area contributed by atoms with Crippen LogP contribution in [0.1, 0.15) is 25.0 Å². The fourth-order valence-corrected chi connectivity index (χ4v) is 4.56. The van der Waals surface area contributed by atoms with Crippen LogP contribution in [-0.4, -0.2) is 47.6 Å². The van der Waals surface area contributed by atoms with E-state index in [1.165, 1.54) is 21.6 Å². The summed E-state index contributed by atoms with van der Waals surface area (Å²) in [5.41, 5.74) is 0.958. The van der Waals surface area contributed by atoms with Gasteiger partial charge in [0.2, 0.25) is 5.78 Å². The summed E-state index contributed by atoms with van der Waals surface area (Å²) in [5.74, 6) is 0.0158. The van der Waals surface area contributed by atoms with Gasteiger partial charge in [-0.1, -0.05) is 18.6 Å². The van der Waals surface area contributed by atoms with Crippen LogP contribution in [-0.2, 0) is 13.6 Å². The van der Waals surface area contributed by atoms with Gasteiger partial charge >= 0.3 is 5.69 Å². The Labute approximate surface area is 177 Å². The molecule has 0 amide bonds. The summed E-state index contributed by atoms with van der Waals surface area (Å²) >= 11 is 0. The highest BCUT2D eigenvalue weighted by Gasteiger charge is 2.22. The molecule has 162 valence electrons. The number of aryl methyl sites for hydroxylation is 2. The van der Waals surface area contributed by atoms with E-state index in [4.69, 9.17) is 0 Å². The molecular formula is C22H25FN6O2. The summed E-state index contributed by atoms with van der Waals surface area (Å²) in [4.78, 5) is 33.2. The number of hydrogen-bond donors (Lipinski definition) is 0. The first-order valence-electron chi connectivity index (χ1n) is 10.6. The smallest absolute Gasteiger partial charge is 0.302 e. The fourth-order valence-electron chi connectivity index (χ4n) is 4.56. The molecule has 1 aliphatic rings. The third-order valence-electron chi connectivity index (χ3n) is 6.21. The zero-order chi connectivity index (χ0) is 21.7. The number of halogens is 1. The number of fused-ring (bicyclic) bond motifs is 3. The molecule has 0 bridgehead atoms. The second-order valence-corrected chi connectivity index (χ2v) is 8.21. The Balaban J connectivity index is 1.68. The lowest BCUT2D eigenvalue weighted by Crippen LogP contribution is -2.43. The molecule has 1 saturated heterocycles. The van der Waals surface area contributed by atoms with Gasteiger partial charge in [-0.2, -0.15) is 4.98 Å². The molecule has 9 heteroatoms. The minimum absolute atomic E-state index is 0.296. The van der Waals surface area contributed by atoms with Crippen LogP contribution in [0.3, 0.4) is 0 Å². The van der Waals surface area contributed by atoms with Gasteiger partial charge in [0.05, 0.1) is 5.69 Å². The Morgan fingerprint density at radius 1 is 1.06 bits per heavy atom. The van der Waals surface area contributed by atoms with Crippen LogP contribution in [0, 0.1) is 12.7 Å². The molecule has 0 atom stereocenters. The van der Waals surface area contributed by atoms with E-state index in [1.807, 2.05) is 6.92 Å². The number of benzene rings is 1. The molecule has 0 saturated carbocycles. The van der Waals surface area contributed by atoms with Gasteiger partial charge < -0.3 is 4.90 Å². The monoisotopic (exact) mass is 424 g/mol. The largest absolute Gasteiger partial charge is 0.332 e. The van der Waals surface area contributed by atoms with Crippen LogP contribution in [0.4, 0.5) is 4.39 Å². The average molecular weight is 424 g/mol. The van der Waals surface area contributed by atoms with Gasteiger partial charge in [0.1, 0.15) is 5.82 Å². The van der Waals surface area contributed by atoms with E-state index in [1.54, 1.807) is 40.4 Å². The molecule has 0 unspecified atom stereocenters. The molecule has 1 aliphatic heterocycles.